The number of esters is 2. The van der Waals surface area contributed by atoms with E-state index in [1.165, 1.54) is 26.2 Å². The van der Waals surface area contributed by atoms with E-state index in [4.69, 9.17) is 4.74 Å². The Bertz CT molecular complexity index is 522. The average Bonchev–Trinajstić information content (AvgIpc) is 2.34. The van der Waals surface area contributed by atoms with E-state index < -0.39 is 24.1 Å². The lowest BCUT2D eigenvalue weighted by molar-refractivity contribution is -0.0221. The summed E-state index contributed by atoms with van der Waals surface area (Å²) >= 11 is 0. The first kappa shape index (κ1) is 12.4. The molecule has 2 unspecified atom stereocenters. The lowest BCUT2D eigenvalue weighted by atomic mass is 9.91. The highest BCUT2D eigenvalue weighted by atomic mass is 16.6. The number of rotatable bonds is 1. The van der Waals surface area contributed by atoms with Crippen LogP contribution in [0, 0.1) is 0 Å². The van der Waals surface area contributed by atoms with E-state index in [-0.39, 0.29) is 22.4 Å². The summed E-state index contributed by atoms with van der Waals surface area (Å²) in [7, 11) is 1.19. The van der Waals surface area contributed by atoms with Crippen LogP contribution in [0.5, 0.6) is 5.75 Å². The predicted octanol–water partition coefficient (Wildman–Crippen LogP) is 0.771. The molecule has 0 spiro atoms. The number of fused-ring (bicyclic) bond motifs is 1. The van der Waals surface area contributed by atoms with Gasteiger partial charge >= 0.3 is 11.9 Å². The number of benzene rings is 1. The second-order valence-corrected chi connectivity index (χ2v) is 3.97. The van der Waals surface area contributed by atoms with E-state index in [1.54, 1.807) is 0 Å². The SMILES string of the molecule is COC(=O)c1ccc(O)c2c1C(O)C(C)OC2=O. The zero-order valence-corrected chi connectivity index (χ0v) is 9.84. The van der Waals surface area contributed by atoms with E-state index in [1.807, 2.05) is 0 Å². The minimum absolute atomic E-state index is 0.0429. The van der Waals surface area contributed by atoms with Crippen molar-refractivity contribution in [3.63, 3.8) is 0 Å². The van der Waals surface area contributed by atoms with Gasteiger partial charge in [0.1, 0.15) is 23.5 Å². The second-order valence-electron chi connectivity index (χ2n) is 3.97. The number of carbonyl (C=O) groups excluding carboxylic acids is 2. The number of carbonyl (C=O) groups is 2. The number of ether oxygens (including phenoxy) is 2. The van der Waals surface area contributed by atoms with E-state index >= 15 is 0 Å². The number of aliphatic hydroxyl groups is 1. The van der Waals surface area contributed by atoms with Crippen molar-refractivity contribution in [2.24, 2.45) is 0 Å². The summed E-state index contributed by atoms with van der Waals surface area (Å²) in [6, 6.07) is 2.49. The molecule has 6 nitrogen and oxygen atoms in total. The first-order valence-electron chi connectivity index (χ1n) is 5.30. The lowest BCUT2D eigenvalue weighted by Crippen LogP contribution is -2.31. The van der Waals surface area contributed by atoms with Gasteiger partial charge in [-0.1, -0.05) is 0 Å². The van der Waals surface area contributed by atoms with E-state index in [9.17, 15) is 19.8 Å². The Balaban J connectivity index is 2.71. The molecule has 96 valence electrons. The van der Waals surface area contributed by atoms with Gasteiger partial charge in [0.2, 0.25) is 0 Å². The number of phenolic OH excluding ortho intramolecular Hbond substituents is 1. The maximum Gasteiger partial charge on any atom is 0.342 e. The minimum Gasteiger partial charge on any atom is -0.507 e. The summed E-state index contributed by atoms with van der Waals surface area (Å²) < 4.78 is 9.45. The molecule has 1 aliphatic heterocycles. The number of cyclic esters (lactones) is 1. The first-order valence-corrected chi connectivity index (χ1v) is 5.30. The molecule has 2 rings (SSSR count). The summed E-state index contributed by atoms with van der Waals surface area (Å²) in [5.41, 5.74) is -0.101. The van der Waals surface area contributed by atoms with Crippen LogP contribution >= 0.6 is 0 Å². The van der Waals surface area contributed by atoms with E-state index in [2.05, 4.69) is 4.74 Å². The molecule has 1 aromatic carbocycles. The molecular formula is C12H12O6. The van der Waals surface area contributed by atoms with Gasteiger partial charge in [-0.25, -0.2) is 9.59 Å². The van der Waals surface area contributed by atoms with Crippen molar-refractivity contribution in [1.82, 2.24) is 0 Å². The predicted molar refractivity (Wildman–Crippen MR) is 59.3 cm³/mol. The normalized spacial score (nSPS) is 22.1. The van der Waals surface area contributed by atoms with Crippen LogP contribution in [0.2, 0.25) is 0 Å². The molecular weight excluding hydrogens is 240 g/mol. The number of aromatic hydroxyl groups is 1. The van der Waals surface area contributed by atoms with Crippen molar-refractivity contribution in [1.29, 1.82) is 0 Å². The van der Waals surface area contributed by atoms with Crippen molar-refractivity contribution in [3.05, 3.63) is 28.8 Å². The molecule has 1 aromatic rings. The Morgan fingerprint density at radius 2 is 2.11 bits per heavy atom. The minimum atomic E-state index is -1.18. The van der Waals surface area contributed by atoms with Gasteiger partial charge in [0.15, 0.2) is 0 Å². The van der Waals surface area contributed by atoms with Gasteiger partial charge in [-0.2, -0.15) is 0 Å². The fourth-order valence-corrected chi connectivity index (χ4v) is 1.94. The summed E-state index contributed by atoms with van der Waals surface area (Å²) in [5, 5.41) is 19.6. The zero-order chi connectivity index (χ0) is 13.4. The summed E-state index contributed by atoms with van der Waals surface area (Å²) in [6.45, 7) is 1.50. The zero-order valence-electron chi connectivity index (χ0n) is 9.84. The van der Waals surface area contributed by atoms with Crippen molar-refractivity contribution in [2.75, 3.05) is 7.11 Å². The Labute approximate surface area is 103 Å². The highest BCUT2D eigenvalue weighted by molar-refractivity contribution is 6.01. The van der Waals surface area contributed by atoms with Gasteiger partial charge in [0, 0.05) is 5.56 Å². The van der Waals surface area contributed by atoms with Gasteiger partial charge in [-0.3, -0.25) is 0 Å². The van der Waals surface area contributed by atoms with Crippen molar-refractivity contribution in [2.45, 2.75) is 19.1 Å². The number of phenols is 1. The Morgan fingerprint density at radius 1 is 1.44 bits per heavy atom. The molecule has 0 aromatic heterocycles. The number of aliphatic hydroxyl groups excluding tert-OH is 1. The van der Waals surface area contributed by atoms with Crippen LogP contribution in [-0.4, -0.2) is 35.4 Å². The molecule has 0 saturated carbocycles. The number of hydrogen-bond donors (Lipinski definition) is 2. The second kappa shape index (κ2) is 4.30. The summed E-state index contributed by atoms with van der Waals surface area (Å²) in [5.74, 6) is -1.80. The van der Waals surface area contributed by atoms with Crippen LogP contribution in [0.3, 0.4) is 0 Å². The molecule has 18 heavy (non-hydrogen) atoms. The molecule has 0 aliphatic carbocycles. The quantitative estimate of drug-likeness (QED) is 0.717. The Morgan fingerprint density at radius 3 is 2.72 bits per heavy atom. The van der Waals surface area contributed by atoms with Crippen LogP contribution in [-0.2, 0) is 9.47 Å². The van der Waals surface area contributed by atoms with Crippen LogP contribution in [0.4, 0.5) is 0 Å². The fraction of sp³-hybridized carbons (Fsp3) is 0.333. The molecule has 6 heteroatoms. The van der Waals surface area contributed by atoms with Gasteiger partial charge in [0.25, 0.3) is 0 Å². The number of methoxy groups -OCH3 is 1. The smallest absolute Gasteiger partial charge is 0.342 e. The van der Waals surface area contributed by atoms with Crippen LogP contribution in [0.1, 0.15) is 39.3 Å². The lowest BCUT2D eigenvalue weighted by Gasteiger charge is -2.28. The van der Waals surface area contributed by atoms with Gasteiger partial charge in [-0.05, 0) is 19.1 Å². The first-order chi connectivity index (χ1) is 8.47. The maximum absolute atomic E-state index is 11.7. The van der Waals surface area contributed by atoms with Crippen LogP contribution < -0.4 is 0 Å². The Kier molecular flexibility index (Phi) is 2.96. The summed E-state index contributed by atoms with van der Waals surface area (Å²) in [6.07, 6.45) is -1.98. The van der Waals surface area contributed by atoms with Crippen molar-refractivity contribution in [3.8, 4) is 5.75 Å². The van der Waals surface area contributed by atoms with Crippen molar-refractivity contribution >= 4 is 11.9 Å². The average molecular weight is 252 g/mol. The molecule has 1 aliphatic rings. The highest BCUT2D eigenvalue weighted by Crippen LogP contribution is 2.37. The molecule has 0 saturated heterocycles. The maximum atomic E-state index is 11.7. The molecule has 2 atom stereocenters. The van der Waals surface area contributed by atoms with Gasteiger partial charge in [-0.15, -0.1) is 0 Å². The molecule has 0 bridgehead atoms. The van der Waals surface area contributed by atoms with Gasteiger partial charge < -0.3 is 19.7 Å². The third-order valence-corrected chi connectivity index (χ3v) is 2.87. The molecule has 0 fully saturated rings. The molecule has 2 N–H and O–H groups in total. The van der Waals surface area contributed by atoms with Gasteiger partial charge in [0.05, 0.1) is 12.7 Å². The summed E-state index contributed by atoms with van der Waals surface area (Å²) in [4.78, 5) is 23.3. The molecule has 1 heterocycles. The third kappa shape index (κ3) is 1.70. The van der Waals surface area contributed by atoms with Crippen molar-refractivity contribution < 1.29 is 29.3 Å². The standard InChI is InChI=1S/C12H12O6/c1-5-10(14)8-6(11(15)17-2)3-4-7(13)9(8)12(16)18-5/h3-5,10,13-14H,1-2H3. The number of hydrogen-bond acceptors (Lipinski definition) is 6. The largest absolute Gasteiger partial charge is 0.507 e. The van der Waals surface area contributed by atoms with Crippen LogP contribution in [0.15, 0.2) is 12.1 Å². The third-order valence-electron chi connectivity index (χ3n) is 2.87. The van der Waals surface area contributed by atoms with E-state index in [0.717, 1.165) is 0 Å². The van der Waals surface area contributed by atoms with E-state index in [0.29, 0.717) is 0 Å². The highest BCUT2D eigenvalue weighted by Gasteiger charge is 2.37. The topological polar surface area (TPSA) is 93.1 Å². The molecule has 0 amide bonds. The monoisotopic (exact) mass is 252 g/mol. The Hall–Kier alpha value is -2.08. The van der Waals surface area contributed by atoms with Crippen LogP contribution in [0.25, 0.3) is 0 Å². The molecule has 0 radical (unpaired) electrons. The fourth-order valence-electron chi connectivity index (χ4n) is 1.94.